The number of hydrogen-bond donors (Lipinski definition) is 0. The van der Waals surface area contributed by atoms with Crippen LogP contribution in [0.25, 0.3) is 0 Å². The van der Waals surface area contributed by atoms with E-state index in [1.54, 1.807) is 24.3 Å². The zero-order chi connectivity index (χ0) is 20.5. The second kappa shape index (κ2) is 7.99. The molecule has 1 aromatic carbocycles. The van der Waals surface area contributed by atoms with E-state index in [4.69, 9.17) is 8.92 Å². The minimum atomic E-state index is -3.77. The van der Waals surface area contributed by atoms with Gasteiger partial charge in [0.15, 0.2) is 0 Å². The summed E-state index contributed by atoms with van der Waals surface area (Å²) in [7, 11) is -3.77. The van der Waals surface area contributed by atoms with Crippen LogP contribution in [-0.2, 0) is 23.8 Å². The lowest BCUT2D eigenvalue weighted by Gasteiger charge is -2.44. The maximum atomic E-state index is 12.5. The molecule has 0 radical (unpaired) electrons. The Bertz CT molecular complexity index is 862. The maximum absolute atomic E-state index is 12.5. The van der Waals surface area contributed by atoms with Crippen molar-refractivity contribution in [2.45, 2.75) is 64.4 Å². The van der Waals surface area contributed by atoms with Crippen LogP contribution in [0.3, 0.4) is 0 Å². The molecule has 0 bridgehead atoms. The Balaban J connectivity index is 0.00000300. The van der Waals surface area contributed by atoms with E-state index >= 15 is 0 Å². The molecule has 156 valence electrons. The summed E-state index contributed by atoms with van der Waals surface area (Å²) in [5.41, 5.74) is 2.16. The van der Waals surface area contributed by atoms with Crippen molar-refractivity contribution in [3.05, 3.63) is 41.5 Å². The lowest BCUT2D eigenvalue weighted by molar-refractivity contribution is -0.153. The van der Waals surface area contributed by atoms with Gasteiger partial charge in [-0.3, -0.25) is 8.98 Å². The number of carbonyl (C=O) groups excluding carboxylic acids is 1. The van der Waals surface area contributed by atoms with Crippen molar-refractivity contribution in [1.29, 1.82) is 0 Å². The molecule has 0 heterocycles. The summed E-state index contributed by atoms with van der Waals surface area (Å²) in [5.74, 6) is 0.00544. The van der Waals surface area contributed by atoms with E-state index in [0.29, 0.717) is 0 Å². The highest BCUT2D eigenvalue weighted by molar-refractivity contribution is 7.86. The van der Waals surface area contributed by atoms with Gasteiger partial charge in [-0.05, 0) is 50.2 Å². The molecule has 1 aromatic rings. The summed E-state index contributed by atoms with van der Waals surface area (Å²) >= 11 is 0. The van der Waals surface area contributed by atoms with Crippen LogP contribution in [0.2, 0.25) is 0 Å². The van der Waals surface area contributed by atoms with Crippen LogP contribution in [0, 0.1) is 24.2 Å². The first-order valence-corrected chi connectivity index (χ1v) is 11.4. The topological polar surface area (TPSA) is 69.7 Å². The van der Waals surface area contributed by atoms with Gasteiger partial charge in [0.2, 0.25) is 0 Å². The van der Waals surface area contributed by atoms with Crippen LogP contribution >= 0.6 is 0 Å². The number of benzene rings is 1. The highest BCUT2D eigenvalue weighted by Gasteiger charge is 2.49. The third kappa shape index (κ3) is 4.18. The van der Waals surface area contributed by atoms with E-state index in [-0.39, 0.29) is 42.3 Å². The van der Waals surface area contributed by atoms with Crippen LogP contribution in [-0.4, -0.2) is 27.1 Å². The molecule has 1 unspecified atom stereocenters. The lowest BCUT2D eigenvalue weighted by Crippen LogP contribution is -2.41. The first kappa shape index (κ1) is 21.1. The Hall–Kier alpha value is -1.66. The van der Waals surface area contributed by atoms with E-state index in [2.05, 4.69) is 13.0 Å². The molecule has 0 aliphatic heterocycles. The molecule has 3 rings (SSSR count). The van der Waals surface area contributed by atoms with Crippen LogP contribution in [0.5, 0.6) is 0 Å². The average Bonchev–Trinajstić information content (AvgIpc) is 2.98. The summed E-state index contributed by atoms with van der Waals surface area (Å²) in [5, 5.41) is 0. The van der Waals surface area contributed by atoms with E-state index in [9.17, 15) is 13.2 Å². The van der Waals surface area contributed by atoms with Crippen molar-refractivity contribution in [1.82, 2.24) is 0 Å². The molecule has 1 saturated carbocycles. The normalized spacial score (nSPS) is 28.4. The van der Waals surface area contributed by atoms with Gasteiger partial charge in [0.25, 0.3) is 10.1 Å². The fourth-order valence-corrected chi connectivity index (χ4v) is 5.89. The molecule has 5 nitrogen and oxygen atoms in total. The number of carbonyl (C=O) groups is 1. The zero-order valence-corrected chi connectivity index (χ0v) is 17.9. The molecule has 1 fully saturated rings. The number of aryl methyl sites for hydroxylation is 1. The van der Waals surface area contributed by atoms with Crippen molar-refractivity contribution in [2.75, 3.05) is 6.61 Å². The number of rotatable bonds is 6. The number of esters is 1. The van der Waals surface area contributed by atoms with Gasteiger partial charge < -0.3 is 4.74 Å². The van der Waals surface area contributed by atoms with Crippen molar-refractivity contribution >= 4 is 16.1 Å². The third-order valence-electron chi connectivity index (χ3n) is 6.33. The molecule has 0 saturated heterocycles. The number of ether oxygens (including phenoxy) is 1. The van der Waals surface area contributed by atoms with Crippen LogP contribution < -0.4 is 0 Å². The largest absolute Gasteiger partial charge is 0.462 e. The molecule has 0 spiro atoms. The van der Waals surface area contributed by atoms with Crippen LogP contribution in [0.15, 0.2) is 40.8 Å². The number of hydrogen-bond acceptors (Lipinski definition) is 5. The second-order valence-corrected chi connectivity index (χ2v) is 10.0. The van der Waals surface area contributed by atoms with Crippen molar-refractivity contribution in [3.63, 3.8) is 0 Å². The summed E-state index contributed by atoms with van der Waals surface area (Å²) in [6, 6.07) is 6.68. The molecule has 4 atom stereocenters. The Labute approximate surface area is 169 Å². The fraction of sp³-hybridized carbons (Fsp3) is 0.591. The highest BCUT2D eigenvalue weighted by Crippen LogP contribution is 2.55. The van der Waals surface area contributed by atoms with E-state index < -0.39 is 10.1 Å². The summed E-state index contributed by atoms with van der Waals surface area (Å²) in [6.45, 7) is 7.72. The van der Waals surface area contributed by atoms with E-state index in [1.807, 2.05) is 13.8 Å². The molecule has 2 aliphatic rings. The smallest absolute Gasteiger partial charge is 0.302 e. The van der Waals surface area contributed by atoms with Crippen molar-refractivity contribution < 1.29 is 23.6 Å². The van der Waals surface area contributed by atoms with Gasteiger partial charge in [0.1, 0.15) is 6.10 Å². The number of allylic oxidation sites excluding steroid dienone is 1. The van der Waals surface area contributed by atoms with Gasteiger partial charge in [-0.15, -0.1) is 0 Å². The Morgan fingerprint density at radius 2 is 2.00 bits per heavy atom. The van der Waals surface area contributed by atoms with Gasteiger partial charge in [0.05, 0.1) is 11.5 Å². The Kier molecular flexibility index (Phi) is 6.01. The lowest BCUT2D eigenvalue weighted by atomic mass is 9.63. The van der Waals surface area contributed by atoms with Crippen molar-refractivity contribution in [2.24, 2.45) is 17.3 Å². The molecule has 2 aliphatic carbocycles. The second-order valence-electron chi connectivity index (χ2n) is 8.41. The average molecular weight is 409 g/mol. The zero-order valence-electron chi connectivity index (χ0n) is 17.1. The van der Waals surface area contributed by atoms with Gasteiger partial charge >= 0.3 is 5.97 Å². The third-order valence-corrected chi connectivity index (χ3v) is 7.63. The molecule has 0 amide bonds. The van der Waals surface area contributed by atoms with Gasteiger partial charge in [0, 0.05) is 20.2 Å². The fourth-order valence-electron chi connectivity index (χ4n) is 4.90. The van der Waals surface area contributed by atoms with E-state index in [0.717, 1.165) is 31.2 Å². The van der Waals surface area contributed by atoms with Crippen LogP contribution in [0.1, 0.15) is 53.4 Å². The van der Waals surface area contributed by atoms with Gasteiger partial charge in [-0.2, -0.15) is 8.42 Å². The first-order chi connectivity index (χ1) is 13.1. The maximum Gasteiger partial charge on any atom is 0.302 e. The highest BCUT2D eigenvalue weighted by atomic mass is 32.2. The van der Waals surface area contributed by atoms with E-state index in [1.165, 1.54) is 12.5 Å². The molecule has 0 N–H and O–H groups in total. The quantitative estimate of drug-likeness (QED) is 0.389. The monoisotopic (exact) mass is 408 g/mol. The predicted octanol–water partition coefficient (Wildman–Crippen LogP) is 4.65. The van der Waals surface area contributed by atoms with Gasteiger partial charge in [-0.1, -0.05) is 43.2 Å². The molecule has 28 heavy (non-hydrogen) atoms. The summed E-state index contributed by atoms with van der Waals surface area (Å²) in [4.78, 5) is 11.6. The Morgan fingerprint density at radius 1 is 1.32 bits per heavy atom. The first-order valence-electron chi connectivity index (χ1n) is 9.97. The standard InChI is InChI=1S/C22H30O5S.H2/c1-15-7-9-18(10-8-15)28(24,25)26-14-16(2)19-11-12-20-21(27-17(3)23)6-5-13-22(19,20)4;/h7-11,16,20-21H,5-6,12-14H2,1-4H3;1H/t16-,20?,21-,22+;/m0./s1. The molecular weight excluding hydrogens is 376 g/mol. The minimum Gasteiger partial charge on any atom is -0.462 e. The Morgan fingerprint density at radius 3 is 2.64 bits per heavy atom. The van der Waals surface area contributed by atoms with Crippen LogP contribution in [0.4, 0.5) is 0 Å². The summed E-state index contributed by atoms with van der Waals surface area (Å²) < 4.78 is 36.0. The number of fused-ring (bicyclic) bond motifs is 1. The van der Waals surface area contributed by atoms with Gasteiger partial charge in [-0.25, -0.2) is 0 Å². The SMILES string of the molecule is CC(=O)O[C@H]1CCC[C@]2(C)C([C@@H](C)COS(=O)(=O)c3ccc(C)cc3)=CCC12.[HH]. The molecular formula is C22H32O5S. The molecule has 0 aromatic heterocycles. The predicted molar refractivity (Wildman–Crippen MR) is 109 cm³/mol. The molecule has 6 heteroatoms. The minimum absolute atomic E-state index is 0. The van der Waals surface area contributed by atoms with Crippen molar-refractivity contribution in [3.8, 4) is 0 Å². The summed E-state index contributed by atoms with van der Waals surface area (Å²) in [6.07, 6.45) is 5.92.